The molecule has 6 heteroatoms. The predicted molar refractivity (Wildman–Crippen MR) is 110 cm³/mol. The smallest absolute Gasteiger partial charge is 0.289 e. The Bertz CT molecular complexity index is 846. The average Bonchev–Trinajstić information content (AvgIpc) is 3.43. The number of piperidine rings is 1. The van der Waals surface area contributed by atoms with Crippen LogP contribution in [0.2, 0.25) is 0 Å². The number of nitrogens with one attached hydrogen (secondary N) is 1. The zero-order valence-corrected chi connectivity index (χ0v) is 16.9. The van der Waals surface area contributed by atoms with Gasteiger partial charge in [0.05, 0.1) is 7.11 Å². The van der Waals surface area contributed by atoms with Gasteiger partial charge in [-0.2, -0.15) is 0 Å². The van der Waals surface area contributed by atoms with Crippen molar-refractivity contribution in [2.45, 2.75) is 44.6 Å². The Kier molecular flexibility index (Phi) is 5.88. The lowest BCUT2D eigenvalue weighted by molar-refractivity contribution is -0.121. The number of furan rings is 1. The summed E-state index contributed by atoms with van der Waals surface area (Å²) in [6.07, 6.45) is 5.63. The van der Waals surface area contributed by atoms with Crippen molar-refractivity contribution in [1.29, 1.82) is 0 Å². The molecule has 1 aliphatic carbocycles. The third kappa shape index (κ3) is 5.00. The number of ether oxygens (including phenoxy) is 1. The molecule has 1 N–H and O–H groups in total. The minimum atomic E-state index is -0.0605. The monoisotopic (exact) mass is 396 g/mol. The Morgan fingerprint density at radius 3 is 2.45 bits per heavy atom. The number of hydrogen-bond donors (Lipinski definition) is 1. The first kappa shape index (κ1) is 19.6. The summed E-state index contributed by atoms with van der Waals surface area (Å²) in [5.41, 5.74) is 0.910. The van der Waals surface area contributed by atoms with Crippen LogP contribution in [-0.4, -0.2) is 43.0 Å². The molecule has 6 nitrogen and oxygen atoms in total. The van der Waals surface area contributed by atoms with Crippen molar-refractivity contribution >= 4 is 11.8 Å². The number of methoxy groups -OCH3 is 1. The number of carbonyl (C=O) groups is 2. The van der Waals surface area contributed by atoms with Gasteiger partial charge in [0.1, 0.15) is 11.5 Å². The first-order chi connectivity index (χ1) is 14.1. The Morgan fingerprint density at radius 2 is 1.79 bits per heavy atom. The number of carbonyl (C=O) groups excluding carboxylic acids is 2. The summed E-state index contributed by atoms with van der Waals surface area (Å²) in [7, 11) is 1.63. The lowest BCUT2D eigenvalue weighted by atomic mass is 9.92. The standard InChI is InChI=1S/C23H28N2O4/c1-28-19-7-3-17(4-8-19)20-9-10-21(29-20)23(27)25-14-12-16(13-15-25)2-11-22(26)24-18-5-6-18/h3-4,7-10,16,18H,2,5-6,11-15H2,1H3,(H,24,26). The molecule has 0 spiro atoms. The Hall–Kier alpha value is -2.76. The quantitative estimate of drug-likeness (QED) is 0.771. The topological polar surface area (TPSA) is 71.8 Å². The van der Waals surface area contributed by atoms with E-state index in [2.05, 4.69) is 5.32 Å². The van der Waals surface area contributed by atoms with E-state index >= 15 is 0 Å². The van der Waals surface area contributed by atoms with Crippen LogP contribution in [0.3, 0.4) is 0 Å². The Balaban J connectivity index is 1.27. The number of rotatable bonds is 7. The van der Waals surface area contributed by atoms with E-state index in [0.29, 0.717) is 43.0 Å². The van der Waals surface area contributed by atoms with E-state index in [9.17, 15) is 9.59 Å². The molecule has 0 bridgehead atoms. The second-order valence-electron chi connectivity index (χ2n) is 8.01. The molecule has 4 rings (SSSR count). The molecule has 1 aliphatic heterocycles. The van der Waals surface area contributed by atoms with Gasteiger partial charge in [-0.05, 0) is 74.4 Å². The van der Waals surface area contributed by atoms with Gasteiger partial charge < -0.3 is 19.4 Å². The van der Waals surface area contributed by atoms with Crippen molar-refractivity contribution in [3.8, 4) is 17.1 Å². The van der Waals surface area contributed by atoms with Crippen LogP contribution < -0.4 is 10.1 Å². The molecule has 1 saturated carbocycles. The summed E-state index contributed by atoms with van der Waals surface area (Å²) < 4.78 is 11.0. The summed E-state index contributed by atoms with van der Waals surface area (Å²) in [6.45, 7) is 1.43. The molecule has 0 radical (unpaired) electrons. The van der Waals surface area contributed by atoms with E-state index in [1.54, 1.807) is 13.2 Å². The van der Waals surface area contributed by atoms with Crippen LogP contribution in [0.25, 0.3) is 11.3 Å². The van der Waals surface area contributed by atoms with E-state index in [1.165, 1.54) is 0 Å². The van der Waals surface area contributed by atoms with Crippen LogP contribution in [-0.2, 0) is 4.79 Å². The van der Waals surface area contributed by atoms with E-state index in [0.717, 1.165) is 43.4 Å². The van der Waals surface area contributed by atoms with Gasteiger partial charge in [0.15, 0.2) is 5.76 Å². The van der Waals surface area contributed by atoms with E-state index in [4.69, 9.17) is 9.15 Å². The fraction of sp³-hybridized carbons (Fsp3) is 0.478. The number of amides is 2. The van der Waals surface area contributed by atoms with Gasteiger partial charge in [-0.25, -0.2) is 0 Å². The van der Waals surface area contributed by atoms with Crippen LogP contribution in [0, 0.1) is 5.92 Å². The highest BCUT2D eigenvalue weighted by molar-refractivity contribution is 5.92. The molecule has 29 heavy (non-hydrogen) atoms. The van der Waals surface area contributed by atoms with Gasteiger partial charge in [-0.15, -0.1) is 0 Å². The first-order valence-corrected chi connectivity index (χ1v) is 10.5. The molecule has 2 fully saturated rings. The normalized spacial score (nSPS) is 17.2. The molecular weight excluding hydrogens is 368 g/mol. The maximum Gasteiger partial charge on any atom is 0.289 e. The fourth-order valence-electron chi connectivity index (χ4n) is 3.81. The van der Waals surface area contributed by atoms with Crippen molar-refractivity contribution in [2.24, 2.45) is 5.92 Å². The van der Waals surface area contributed by atoms with E-state index < -0.39 is 0 Å². The minimum absolute atomic E-state index is 0.0605. The summed E-state index contributed by atoms with van der Waals surface area (Å²) in [6, 6.07) is 11.6. The highest BCUT2D eigenvalue weighted by Gasteiger charge is 2.27. The maximum absolute atomic E-state index is 12.8. The highest BCUT2D eigenvalue weighted by Crippen LogP contribution is 2.27. The van der Waals surface area contributed by atoms with Crippen LogP contribution >= 0.6 is 0 Å². The number of nitrogens with zero attached hydrogens (tertiary/aromatic N) is 1. The minimum Gasteiger partial charge on any atom is -0.497 e. The molecule has 1 saturated heterocycles. The summed E-state index contributed by atoms with van der Waals surface area (Å²) in [4.78, 5) is 26.5. The highest BCUT2D eigenvalue weighted by atomic mass is 16.5. The summed E-state index contributed by atoms with van der Waals surface area (Å²) in [5.74, 6) is 2.45. The zero-order chi connectivity index (χ0) is 20.2. The zero-order valence-electron chi connectivity index (χ0n) is 16.9. The van der Waals surface area contributed by atoms with Gasteiger partial charge in [0.25, 0.3) is 5.91 Å². The molecule has 1 aromatic heterocycles. The molecule has 2 heterocycles. The van der Waals surface area contributed by atoms with Gasteiger partial charge in [-0.1, -0.05) is 0 Å². The Labute approximate surface area is 171 Å². The van der Waals surface area contributed by atoms with Crippen molar-refractivity contribution < 1.29 is 18.7 Å². The van der Waals surface area contributed by atoms with Crippen LogP contribution in [0.4, 0.5) is 0 Å². The SMILES string of the molecule is COc1ccc(-c2ccc(C(=O)N3CCC(CCC(=O)NC4CC4)CC3)o2)cc1. The molecule has 2 aliphatic rings. The first-order valence-electron chi connectivity index (χ1n) is 10.5. The van der Waals surface area contributed by atoms with Crippen LogP contribution in [0.15, 0.2) is 40.8 Å². The number of likely N-dealkylation sites (tertiary alicyclic amines) is 1. The lowest BCUT2D eigenvalue weighted by Crippen LogP contribution is -2.38. The molecule has 0 atom stereocenters. The second-order valence-corrected chi connectivity index (χ2v) is 8.01. The lowest BCUT2D eigenvalue weighted by Gasteiger charge is -2.31. The summed E-state index contributed by atoms with van der Waals surface area (Å²) >= 11 is 0. The molecular formula is C23H28N2O4. The van der Waals surface area contributed by atoms with Crippen LogP contribution in [0.1, 0.15) is 49.1 Å². The third-order valence-electron chi connectivity index (χ3n) is 5.82. The van der Waals surface area contributed by atoms with Crippen LogP contribution in [0.5, 0.6) is 5.75 Å². The van der Waals surface area contributed by atoms with Crippen molar-refractivity contribution in [2.75, 3.05) is 20.2 Å². The second kappa shape index (κ2) is 8.72. The number of hydrogen-bond acceptors (Lipinski definition) is 4. The van der Waals surface area contributed by atoms with Crippen molar-refractivity contribution in [3.05, 3.63) is 42.2 Å². The third-order valence-corrected chi connectivity index (χ3v) is 5.82. The fourth-order valence-corrected chi connectivity index (χ4v) is 3.81. The van der Waals surface area contributed by atoms with Gasteiger partial charge in [0, 0.05) is 31.1 Å². The molecule has 1 aromatic carbocycles. The largest absolute Gasteiger partial charge is 0.497 e. The van der Waals surface area contributed by atoms with Gasteiger partial charge >= 0.3 is 0 Å². The van der Waals surface area contributed by atoms with E-state index in [1.807, 2.05) is 35.2 Å². The molecule has 2 amide bonds. The van der Waals surface area contributed by atoms with Gasteiger partial charge in [0.2, 0.25) is 5.91 Å². The maximum atomic E-state index is 12.8. The average molecular weight is 396 g/mol. The molecule has 0 unspecified atom stereocenters. The summed E-state index contributed by atoms with van der Waals surface area (Å²) in [5, 5.41) is 3.04. The Morgan fingerprint density at radius 1 is 1.07 bits per heavy atom. The van der Waals surface area contributed by atoms with E-state index in [-0.39, 0.29) is 11.8 Å². The predicted octanol–water partition coefficient (Wildman–Crippen LogP) is 3.87. The number of benzene rings is 1. The van der Waals surface area contributed by atoms with Crippen molar-refractivity contribution in [3.63, 3.8) is 0 Å². The van der Waals surface area contributed by atoms with Gasteiger partial charge in [-0.3, -0.25) is 9.59 Å². The molecule has 2 aromatic rings. The van der Waals surface area contributed by atoms with Crippen molar-refractivity contribution in [1.82, 2.24) is 10.2 Å². The molecule has 154 valence electrons.